The lowest BCUT2D eigenvalue weighted by molar-refractivity contribution is 0.0691. The van der Waals surface area contributed by atoms with Gasteiger partial charge in [-0.3, -0.25) is 4.79 Å². The summed E-state index contributed by atoms with van der Waals surface area (Å²) < 4.78 is 29.0. The molecule has 110 valence electrons. The van der Waals surface area contributed by atoms with Crippen molar-refractivity contribution >= 4 is 33.5 Å². The average Bonchev–Trinajstić information content (AvgIpc) is 2.71. The molecular formula is C13H9BrF2N2O3. The van der Waals surface area contributed by atoms with E-state index in [-0.39, 0.29) is 5.69 Å². The van der Waals surface area contributed by atoms with E-state index in [2.05, 4.69) is 21.2 Å². The third-order valence-corrected chi connectivity index (χ3v) is 3.17. The molecule has 0 fully saturated rings. The number of carbonyl (C=O) groups excluding carboxylic acids is 1. The second-order valence-electron chi connectivity index (χ2n) is 4.23. The van der Waals surface area contributed by atoms with E-state index < -0.39 is 34.8 Å². The molecule has 8 heteroatoms. The summed E-state index contributed by atoms with van der Waals surface area (Å²) in [5.74, 6) is -4.46. The van der Waals surface area contributed by atoms with Gasteiger partial charge >= 0.3 is 5.97 Å². The molecule has 0 aliphatic heterocycles. The number of carboxylic acid groups (broad SMARTS) is 1. The van der Waals surface area contributed by atoms with Crippen LogP contribution in [0.1, 0.15) is 20.8 Å². The molecule has 0 saturated carbocycles. The van der Waals surface area contributed by atoms with Crippen molar-refractivity contribution < 1.29 is 23.5 Å². The minimum atomic E-state index is -1.55. The third-order valence-electron chi connectivity index (χ3n) is 2.74. The Kier molecular flexibility index (Phi) is 4.08. The number of amides is 1. The highest BCUT2D eigenvalue weighted by Crippen LogP contribution is 2.21. The fraction of sp³-hybridized carbons (Fsp3) is 0.0769. The van der Waals surface area contributed by atoms with Crippen molar-refractivity contribution in [2.75, 3.05) is 5.32 Å². The number of anilines is 1. The first-order valence-electron chi connectivity index (χ1n) is 5.65. The number of rotatable bonds is 3. The van der Waals surface area contributed by atoms with Crippen LogP contribution in [0.2, 0.25) is 0 Å². The lowest BCUT2D eigenvalue weighted by Gasteiger charge is -2.08. The van der Waals surface area contributed by atoms with Crippen LogP contribution in [0.3, 0.4) is 0 Å². The number of nitrogens with one attached hydrogen (secondary N) is 1. The summed E-state index contributed by atoms with van der Waals surface area (Å²) in [5.41, 5.74) is -0.904. The van der Waals surface area contributed by atoms with Crippen LogP contribution in [0.15, 0.2) is 28.9 Å². The van der Waals surface area contributed by atoms with Gasteiger partial charge in [-0.05, 0) is 28.1 Å². The van der Waals surface area contributed by atoms with Gasteiger partial charge in [0.15, 0.2) is 0 Å². The zero-order valence-electron chi connectivity index (χ0n) is 10.7. The highest BCUT2D eigenvalue weighted by molar-refractivity contribution is 9.10. The molecule has 1 aromatic heterocycles. The number of benzene rings is 1. The normalized spacial score (nSPS) is 10.5. The van der Waals surface area contributed by atoms with Crippen molar-refractivity contribution in [3.05, 3.63) is 51.8 Å². The van der Waals surface area contributed by atoms with E-state index >= 15 is 0 Å². The summed E-state index contributed by atoms with van der Waals surface area (Å²) in [6, 6.07) is 2.66. The van der Waals surface area contributed by atoms with Crippen LogP contribution in [0, 0.1) is 11.6 Å². The molecule has 0 radical (unpaired) electrons. The minimum absolute atomic E-state index is 0.225. The summed E-state index contributed by atoms with van der Waals surface area (Å²) >= 11 is 3.19. The van der Waals surface area contributed by atoms with Gasteiger partial charge in [-0.2, -0.15) is 0 Å². The number of aromatic nitrogens is 1. The summed E-state index contributed by atoms with van der Waals surface area (Å²) in [5, 5.41) is 11.0. The number of hydrogen-bond acceptors (Lipinski definition) is 2. The Morgan fingerprint density at radius 3 is 2.43 bits per heavy atom. The molecular weight excluding hydrogens is 350 g/mol. The van der Waals surface area contributed by atoms with Gasteiger partial charge in [0.25, 0.3) is 5.91 Å². The Balaban J connectivity index is 2.35. The van der Waals surface area contributed by atoms with Crippen molar-refractivity contribution in [3.8, 4) is 0 Å². The number of aromatic carboxylic acids is 1. The number of carbonyl (C=O) groups is 2. The molecule has 0 unspecified atom stereocenters. The van der Waals surface area contributed by atoms with Gasteiger partial charge in [0.05, 0.1) is 11.3 Å². The van der Waals surface area contributed by atoms with Crippen LogP contribution in [0.4, 0.5) is 14.5 Å². The molecule has 0 aliphatic rings. The molecule has 0 spiro atoms. The van der Waals surface area contributed by atoms with Crippen LogP contribution in [-0.4, -0.2) is 21.6 Å². The Bertz CT molecular complexity index is 743. The zero-order valence-corrected chi connectivity index (χ0v) is 12.2. The summed E-state index contributed by atoms with van der Waals surface area (Å²) in [6.07, 6.45) is 1.62. The monoisotopic (exact) mass is 358 g/mol. The second-order valence-corrected chi connectivity index (χ2v) is 5.14. The van der Waals surface area contributed by atoms with Gasteiger partial charge < -0.3 is 15.0 Å². The van der Waals surface area contributed by atoms with Gasteiger partial charge in [-0.1, -0.05) is 0 Å². The molecule has 1 aromatic carbocycles. The molecule has 0 saturated heterocycles. The number of aryl methyl sites for hydroxylation is 1. The molecule has 0 atom stereocenters. The number of nitrogens with zero attached hydrogens (tertiary/aromatic N) is 1. The van der Waals surface area contributed by atoms with Crippen molar-refractivity contribution in [3.63, 3.8) is 0 Å². The number of halogens is 3. The first kappa shape index (κ1) is 15.2. The Hall–Kier alpha value is -2.22. The molecule has 1 amide bonds. The fourth-order valence-corrected chi connectivity index (χ4v) is 2.27. The van der Waals surface area contributed by atoms with E-state index in [1.165, 1.54) is 10.6 Å². The maximum Gasteiger partial charge on any atom is 0.338 e. The second kappa shape index (κ2) is 5.65. The van der Waals surface area contributed by atoms with E-state index in [0.717, 1.165) is 6.07 Å². The predicted octanol–water partition coefficient (Wildman–Crippen LogP) is 3.02. The molecule has 2 N–H and O–H groups in total. The molecule has 2 rings (SSSR count). The average molecular weight is 359 g/mol. The molecule has 1 heterocycles. The smallest absolute Gasteiger partial charge is 0.338 e. The molecule has 2 aromatic rings. The quantitative estimate of drug-likeness (QED) is 0.885. The van der Waals surface area contributed by atoms with Crippen LogP contribution in [0.25, 0.3) is 0 Å². The van der Waals surface area contributed by atoms with Crippen molar-refractivity contribution in [1.82, 2.24) is 4.57 Å². The van der Waals surface area contributed by atoms with Crippen LogP contribution in [-0.2, 0) is 7.05 Å². The van der Waals surface area contributed by atoms with Crippen LogP contribution < -0.4 is 5.32 Å². The summed E-state index contributed by atoms with van der Waals surface area (Å²) in [6.45, 7) is 0. The molecule has 21 heavy (non-hydrogen) atoms. The van der Waals surface area contributed by atoms with Gasteiger partial charge in [0, 0.05) is 23.8 Å². The maximum atomic E-state index is 13.6. The SMILES string of the molecule is Cn1cc(Br)cc1C(=O)Nc1cc(C(=O)O)c(F)cc1F. The fourth-order valence-electron chi connectivity index (χ4n) is 1.74. The summed E-state index contributed by atoms with van der Waals surface area (Å²) in [7, 11) is 1.61. The van der Waals surface area contributed by atoms with Crippen molar-refractivity contribution in [2.45, 2.75) is 0 Å². The Labute approximate surface area is 126 Å². The highest BCUT2D eigenvalue weighted by atomic mass is 79.9. The first-order valence-corrected chi connectivity index (χ1v) is 6.44. The van der Waals surface area contributed by atoms with Crippen LogP contribution >= 0.6 is 15.9 Å². The standard InChI is InChI=1S/C13H9BrF2N2O3/c1-18-5-6(14)2-11(18)12(19)17-10-3-7(13(20)21)8(15)4-9(10)16/h2-5H,1H3,(H,17,19)(H,20,21). The zero-order chi connectivity index (χ0) is 15.7. The maximum absolute atomic E-state index is 13.6. The van der Waals surface area contributed by atoms with E-state index in [4.69, 9.17) is 5.11 Å². The van der Waals surface area contributed by atoms with Gasteiger partial charge in [0.1, 0.15) is 17.3 Å². The number of carboxylic acids is 1. The van der Waals surface area contributed by atoms with Gasteiger partial charge in [0.2, 0.25) is 0 Å². The first-order chi connectivity index (χ1) is 9.79. The van der Waals surface area contributed by atoms with Gasteiger partial charge in [-0.15, -0.1) is 0 Å². The minimum Gasteiger partial charge on any atom is -0.478 e. The Morgan fingerprint density at radius 2 is 1.90 bits per heavy atom. The topological polar surface area (TPSA) is 71.3 Å². The molecule has 0 bridgehead atoms. The molecule has 0 aliphatic carbocycles. The lowest BCUT2D eigenvalue weighted by Crippen LogP contribution is -2.17. The van der Waals surface area contributed by atoms with E-state index in [0.29, 0.717) is 10.5 Å². The van der Waals surface area contributed by atoms with Gasteiger partial charge in [-0.25, -0.2) is 13.6 Å². The van der Waals surface area contributed by atoms with Crippen molar-refractivity contribution in [2.24, 2.45) is 7.05 Å². The lowest BCUT2D eigenvalue weighted by atomic mass is 10.1. The van der Waals surface area contributed by atoms with E-state index in [1.54, 1.807) is 13.2 Å². The molecule has 5 nitrogen and oxygen atoms in total. The number of hydrogen-bond donors (Lipinski definition) is 2. The largest absolute Gasteiger partial charge is 0.478 e. The third kappa shape index (κ3) is 3.10. The van der Waals surface area contributed by atoms with Crippen molar-refractivity contribution in [1.29, 1.82) is 0 Å². The summed E-state index contributed by atoms with van der Waals surface area (Å²) in [4.78, 5) is 22.8. The van der Waals surface area contributed by atoms with E-state index in [1.807, 2.05) is 0 Å². The van der Waals surface area contributed by atoms with E-state index in [9.17, 15) is 18.4 Å². The van der Waals surface area contributed by atoms with Crippen LogP contribution in [0.5, 0.6) is 0 Å². The Morgan fingerprint density at radius 1 is 1.24 bits per heavy atom. The predicted molar refractivity (Wildman–Crippen MR) is 74.4 cm³/mol. The highest BCUT2D eigenvalue weighted by Gasteiger charge is 2.18.